The highest BCUT2D eigenvalue weighted by Gasteiger charge is 2.33. The molecule has 0 spiro atoms. The van der Waals surface area contributed by atoms with E-state index in [1.807, 2.05) is 42.5 Å². The predicted octanol–water partition coefficient (Wildman–Crippen LogP) is 8.34. The average molecular weight is 582 g/mol. The number of carbonyl (C=O) groups is 1. The number of thioether (sulfide) groups is 1. The molecule has 0 bridgehead atoms. The maximum atomic E-state index is 13.1. The molecule has 1 saturated heterocycles. The lowest BCUT2D eigenvalue weighted by atomic mass is 10.1. The van der Waals surface area contributed by atoms with Gasteiger partial charge in [0.15, 0.2) is 15.8 Å². The second kappa shape index (κ2) is 14.4. The highest BCUT2D eigenvalue weighted by Crippen LogP contribution is 2.40. The van der Waals surface area contributed by atoms with Crippen molar-refractivity contribution in [2.75, 3.05) is 25.2 Å². The Hall–Kier alpha value is -3.00. The summed E-state index contributed by atoms with van der Waals surface area (Å²) in [6, 6.07) is 21.1. The Balaban J connectivity index is 1.34. The van der Waals surface area contributed by atoms with E-state index in [4.69, 9.17) is 38.0 Å². The van der Waals surface area contributed by atoms with Crippen molar-refractivity contribution < 1.29 is 19.0 Å². The van der Waals surface area contributed by atoms with E-state index < -0.39 is 0 Å². The molecule has 0 N–H and O–H groups in total. The van der Waals surface area contributed by atoms with Gasteiger partial charge in [-0.3, -0.25) is 9.69 Å². The number of hydrogen-bond acceptors (Lipinski definition) is 6. The number of thiocarbonyl (C=S) groups is 1. The summed E-state index contributed by atoms with van der Waals surface area (Å²) in [4.78, 5) is 15.1. The molecule has 3 aromatic rings. The smallest absolute Gasteiger partial charge is 0.270 e. The minimum absolute atomic E-state index is 0.173. The van der Waals surface area contributed by atoms with Crippen molar-refractivity contribution in [3.8, 4) is 17.2 Å². The topological polar surface area (TPSA) is 48.0 Å². The zero-order chi connectivity index (χ0) is 27.6. The first-order valence-electron chi connectivity index (χ1n) is 13.0. The molecule has 0 unspecified atom stereocenters. The molecule has 1 amide bonds. The second-order valence-electron chi connectivity index (χ2n) is 9.04. The molecule has 1 aliphatic heterocycles. The maximum absolute atomic E-state index is 13.1. The van der Waals surface area contributed by atoms with Gasteiger partial charge in [-0.2, -0.15) is 0 Å². The Morgan fingerprint density at radius 1 is 0.974 bits per heavy atom. The van der Waals surface area contributed by atoms with Gasteiger partial charge >= 0.3 is 0 Å². The fraction of sp³-hybridized carbons (Fsp3) is 0.290. The van der Waals surface area contributed by atoms with E-state index >= 15 is 0 Å². The summed E-state index contributed by atoms with van der Waals surface area (Å²) in [6.07, 6.45) is 7.88. The van der Waals surface area contributed by atoms with E-state index in [2.05, 4.69) is 19.1 Å². The average Bonchev–Trinajstić information content (AvgIpc) is 3.22. The molecule has 0 aromatic heterocycles. The van der Waals surface area contributed by atoms with Crippen LogP contribution in [-0.4, -0.2) is 30.6 Å². The summed E-state index contributed by atoms with van der Waals surface area (Å²) in [6.45, 7) is 2.88. The number of halogens is 1. The molecule has 1 fully saturated rings. The number of amides is 1. The Morgan fingerprint density at radius 3 is 2.44 bits per heavy atom. The Morgan fingerprint density at radius 2 is 1.72 bits per heavy atom. The van der Waals surface area contributed by atoms with E-state index in [1.54, 1.807) is 25.3 Å². The summed E-state index contributed by atoms with van der Waals surface area (Å²) < 4.78 is 17.8. The van der Waals surface area contributed by atoms with Crippen LogP contribution in [0.4, 0.5) is 5.69 Å². The van der Waals surface area contributed by atoms with Crippen LogP contribution in [0.5, 0.6) is 17.2 Å². The van der Waals surface area contributed by atoms with E-state index in [-0.39, 0.29) is 5.91 Å². The standard InChI is InChI=1S/C31H32ClNO4S2/c1-3-4-5-7-10-22-13-15-25(16-14-22)36-17-18-37-29-26(32)19-23(20-27(29)35-2)21-28-30(34)33(31(38)39-28)24-11-8-6-9-12-24/h6,8-9,11-16,19-21H,3-5,7,10,17-18H2,1-2H3/b28-21-. The van der Waals surface area contributed by atoms with Gasteiger partial charge in [0.25, 0.3) is 5.91 Å². The van der Waals surface area contributed by atoms with Gasteiger partial charge in [0, 0.05) is 0 Å². The second-order valence-corrected chi connectivity index (χ2v) is 11.1. The molecule has 3 aromatic carbocycles. The van der Waals surface area contributed by atoms with Crippen LogP contribution in [0.2, 0.25) is 5.02 Å². The number of ether oxygens (including phenoxy) is 3. The van der Waals surface area contributed by atoms with E-state index in [9.17, 15) is 4.79 Å². The third kappa shape index (κ3) is 7.78. The summed E-state index contributed by atoms with van der Waals surface area (Å²) in [5.41, 5.74) is 2.78. The van der Waals surface area contributed by atoms with Crippen molar-refractivity contribution in [3.63, 3.8) is 0 Å². The van der Waals surface area contributed by atoms with Gasteiger partial charge in [-0.15, -0.1) is 0 Å². The minimum atomic E-state index is -0.173. The number of hydrogen-bond donors (Lipinski definition) is 0. The number of nitrogens with zero attached hydrogens (tertiary/aromatic N) is 1. The van der Waals surface area contributed by atoms with Crippen LogP contribution in [0, 0.1) is 0 Å². The van der Waals surface area contributed by atoms with Crippen molar-refractivity contribution in [3.05, 3.63) is 87.8 Å². The summed E-state index contributed by atoms with van der Waals surface area (Å²) in [5.74, 6) is 1.53. The van der Waals surface area contributed by atoms with Gasteiger partial charge in [0.05, 0.1) is 22.7 Å². The third-order valence-electron chi connectivity index (χ3n) is 6.20. The predicted molar refractivity (Wildman–Crippen MR) is 165 cm³/mol. The van der Waals surface area contributed by atoms with E-state index in [1.165, 1.54) is 47.9 Å². The number of aryl methyl sites for hydroxylation is 1. The Labute approximate surface area is 245 Å². The first kappa shape index (κ1) is 29.0. The molecule has 39 heavy (non-hydrogen) atoms. The number of carbonyl (C=O) groups excluding carboxylic acids is 1. The highest BCUT2D eigenvalue weighted by atomic mass is 35.5. The van der Waals surface area contributed by atoms with Crippen LogP contribution in [0.25, 0.3) is 6.08 Å². The SMILES string of the molecule is CCCCCCc1ccc(OCCOc2c(Cl)cc(/C=C3\SC(=S)N(c4ccccc4)C3=O)cc2OC)cc1. The number of rotatable bonds is 13. The first-order chi connectivity index (χ1) is 19.0. The normalized spacial score (nSPS) is 14.2. The van der Waals surface area contributed by atoms with Crippen molar-refractivity contribution >= 4 is 57.6 Å². The number of para-hydroxylation sites is 1. The van der Waals surface area contributed by atoms with Crippen LogP contribution < -0.4 is 19.1 Å². The Bertz CT molecular complexity index is 1310. The van der Waals surface area contributed by atoms with Crippen molar-refractivity contribution in [1.29, 1.82) is 0 Å². The molecule has 0 atom stereocenters. The highest BCUT2D eigenvalue weighted by molar-refractivity contribution is 8.27. The van der Waals surface area contributed by atoms with Crippen molar-refractivity contribution in [1.82, 2.24) is 0 Å². The van der Waals surface area contributed by atoms with Gasteiger partial charge < -0.3 is 14.2 Å². The van der Waals surface area contributed by atoms with E-state index in [0.717, 1.165) is 17.9 Å². The van der Waals surface area contributed by atoms with Gasteiger partial charge in [0.2, 0.25) is 0 Å². The van der Waals surface area contributed by atoms with Crippen LogP contribution in [0.3, 0.4) is 0 Å². The lowest BCUT2D eigenvalue weighted by molar-refractivity contribution is -0.113. The molecule has 1 aliphatic rings. The Kier molecular flexibility index (Phi) is 10.7. The minimum Gasteiger partial charge on any atom is -0.493 e. The molecular formula is C31H32ClNO4S2. The molecule has 0 saturated carbocycles. The lowest BCUT2D eigenvalue weighted by Gasteiger charge is -2.14. The number of unbranched alkanes of at least 4 members (excludes halogenated alkanes) is 3. The lowest BCUT2D eigenvalue weighted by Crippen LogP contribution is -2.27. The van der Waals surface area contributed by atoms with Gasteiger partial charge in [-0.05, 0) is 66.4 Å². The largest absolute Gasteiger partial charge is 0.493 e. The molecule has 1 heterocycles. The van der Waals surface area contributed by atoms with Crippen LogP contribution in [0.15, 0.2) is 71.6 Å². The zero-order valence-electron chi connectivity index (χ0n) is 22.2. The summed E-state index contributed by atoms with van der Waals surface area (Å²) >= 11 is 13.3. The molecule has 204 valence electrons. The van der Waals surface area contributed by atoms with E-state index in [0.29, 0.717) is 44.5 Å². The van der Waals surface area contributed by atoms with Gasteiger partial charge in [0.1, 0.15) is 19.0 Å². The molecular weight excluding hydrogens is 550 g/mol. The monoisotopic (exact) mass is 581 g/mol. The number of anilines is 1. The van der Waals surface area contributed by atoms with Crippen LogP contribution >= 0.6 is 35.6 Å². The van der Waals surface area contributed by atoms with Crippen LogP contribution in [0.1, 0.15) is 43.7 Å². The summed E-state index contributed by atoms with van der Waals surface area (Å²) in [5, 5.41) is 0.381. The fourth-order valence-electron chi connectivity index (χ4n) is 4.19. The van der Waals surface area contributed by atoms with Crippen LogP contribution in [-0.2, 0) is 11.2 Å². The quantitative estimate of drug-likeness (QED) is 0.115. The van der Waals surface area contributed by atoms with Crippen molar-refractivity contribution in [2.45, 2.75) is 39.0 Å². The van der Waals surface area contributed by atoms with Gasteiger partial charge in [-0.25, -0.2) is 0 Å². The molecule has 8 heteroatoms. The molecule has 4 rings (SSSR count). The molecule has 0 aliphatic carbocycles. The zero-order valence-corrected chi connectivity index (χ0v) is 24.5. The number of methoxy groups -OCH3 is 1. The molecule has 5 nitrogen and oxygen atoms in total. The third-order valence-corrected chi connectivity index (χ3v) is 7.78. The number of benzene rings is 3. The maximum Gasteiger partial charge on any atom is 0.270 e. The van der Waals surface area contributed by atoms with Crippen molar-refractivity contribution in [2.24, 2.45) is 0 Å². The van der Waals surface area contributed by atoms with Gasteiger partial charge in [-0.1, -0.05) is 92.1 Å². The molecule has 0 radical (unpaired) electrons. The summed E-state index contributed by atoms with van der Waals surface area (Å²) in [7, 11) is 1.55. The first-order valence-corrected chi connectivity index (χ1v) is 14.7. The fourth-order valence-corrected chi connectivity index (χ4v) is 5.77.